The summed E-state index contributed by atoms with van der Waals surface area (Å²) in [6, 6.07) is 12.2. The molecular weight excluding hydrogens is 319 g/mol. The molecule has 19 heavy (non-hydrogen) atoms. The SMILES string of the molecule is Cc1cc(C)cc(P(=O)(Br)c2cc(C)cc(C)c2)c1. The predicted octanol–water partition coefficient (Wildman–Crippen LogP) is 4.54. The van der Waals surface area contributed by atoms with Crippen LogP contribution in [0.2, 0.25) is 0 Å². The van der Waals surface area contributed by atoms with Crippen molar-refractivity contribution in [2.24, 2.45) is 0 Å². The van der Waals surface area contributed by atoms with Crippen molar-refractivity contribution in [2.45, 2.75) is 27.7 Å². The maximum atomic E-state index is 13.1. The lowest BCUT2D eigenvalue weighted by Gasteiger charge is -2.15. The first-order valence-electron chi connectivity index (χ1n) is 6.26. The van der Waals surface area contributed by atoms with E-state index < -0.39 is 5.84 Å². The molecule has 0 atom stereocenters. The fourth-order valence-corrected chi connectivity index (χ4v) is 5.39. The van der Waals surface area contributed by atoms with Crippen LogP contribution in [0.5, 0.6) is 0 Å². The molecule has 100 valence electrons. The van der Waals surface area contributed by atoms with Crippen LogP contribution in [0.1, 0.15) is 22.3 Å². The lowest BCUT2D eigenvalue weighted by molar-refractivity contribution is 0.596. The van der Waals surface area contributed by atoms with E-state index in [1.54, 1.807) is 0 Å². The Morgan fingerprint density at radius 3 is 1.21 bits per heavy atom. The second kappa shape index (κ2) is 5.26. The van der Waals surface area contributed by atoms with Crippen molar-refractivity contribution in [3.63, 3.8) is 0 Å². The van der Waals surface area contributed by atoms with Gasteiger partial charge in [-0.05, 0) is 67.4 Å². The highest BCUT2D eigenvalue weighted by Gasteiger charge is 2.24. The van der Waals surface area contributed by atoms with Gasteiger partial charge in [-0.25, -0.2) is 0 Å². The van der Waals surface area contributed by atoms with Crippen LogP contribution >= 0.6 is 21.3 Å². The maximum absolute atomic E-state index is 13.1. The van der Waals surface area contributed by atoms with E-state index in [1.165, 1.54) is 0 Å². The van der Waals surface area contributed by atoms with E-state index in [2.05, 4.69) is 27.6 Å². The van der Waals surface area contributed by atoms with Crippen LogP contribution in [0, 0.1) is 27.7 Å². The fourth-order valence-electron chi connectivity index (χ4n) is 2.38. The van der Waals surface area contributed by atoms with Gasteiger partial charge in [-0.3, -0.25) is 0 Å². The molecule has 0 bridgehead atoms. The Kier molecular flexibility index (Phi) is 4.03. The standard InChI is InChI=1S/C16H18BrOP/c1-11-5-12(2)8-15(7-11)19(17,18)16-9-13(3)6-14(4)10-16/h5-10H,1-4H3. The minimum atomic E-state index is -2.69. The van der Waals surface area contributed by atoms with E-state index in [4.69, 9.17) is 0 Å². The van der Waals surface area contributed by atoms with Gasteiger partial charge in [-0.2, -0.15) is 0 Å². The van der Waals surface area contributed by atoms with Gasteiger partial charge in [-0.1, -0.05) is 34.4 Å². The Bertz CT molecular complexity index is 580. The van der Waals surface area contributed by atoms with Crippen LogP contribution in [0.4, 0.5) is 0 Å². The van der Waals surface area contributed by atoms with E-state index >= 15 is 0 Å². The largest absolute Gasteiger partial charge is 0.302 e. The summed E-state index contributed by atoms with van der Waals surface area (Å²) in [6.45, 7) is 8.13. The summed E-state index contributed by atoms with van der Waals surface area (Å²) in [5, 5.41) is 1.74. The Labute approximate surface area is 123 Å². The summed E-state index contributed by atoms with van der Waals surface area (Å²) >= 11 is 3.49. The average Bonchev–Trinajstić information content (AvgIpc) is 2.26. The first-order valence-corrected chi connectivity index (χ1v) is 9.99. The highest BCUT2D eigenvalue weighted by Crippen LogP contribution is 2.51. The van der Waals surface area contributed by atoms with Crippen molar-refractivity contribution < 1.29 is 4.57 Å². The molecule has 2 aromatic carbocycles. The molecule has 0 saturated heterocycles. The highest BCUT2D eigenvalue weighted by molar-refractivity contribution is 9.42. The predicted molar refractivity (Wildman–Crippen MR) is 87.6 cm³/mol. The number of rotatable bonds is 2. The maximum Gasteiger partial charge on any atom is 0.203 e. The van der Waals surface area contributed by atoms with Crippen LogP contribution in [0.25, 0.3) is 0 Å². The number of hydrogen-bond acceptors (Lipinski definition) is 1. The van der Waals surface area contributed by atoms with Gasteiger partial charge < -0.3 is 4.57 Å². The third kappa shape index (κ3) is 3.19. The van der Waals surface area contributed by atoms with Gasteiger partial charge in [0.2, 0.25) is 5.84 Å². The third-order valence-electron chi connectivity index (χ3n) is 3.08. The van der Waals surface area contributed by atoms with Crippen molar-refractivity contribution in [3.05, 3.63) is 58.7 Å². The van der Waals surface area contributed by atoms with Crippen LogP contribution in [-0.2, 0) is 4.57 Å². The lowest BCUT2D eigenvalue weighted by atomic mass is 10.2. The number of aryl methyl sites for hydroxylation is 4. The molecule has 0 heterocycles. The molecule has 1 nitrogen and oxygen atoms in total. The van der Waals surface area contributed by atoms with Crippen molar-refractivity contribution in [1.29, 1.82) is 0 Å². The summed E-state index contributed by atoms with van der Waals surface area (Å²) < 4.78 is 13.1. The quantitative estimate of drug-likeness (QED) is 0.735. The van der Waals surface area contributed by atoms with Gasteiger partial charge >= 0.3 is 0 Å². The van der Waals surface area contributed by atoms with Crippen molar-refractivity contribution >= 4 is 31.9 Å². The molecule has 0 spiro atoms. The minimum Gasteiger partial charge on any atom is -0.302 e. The van der Waals surface area contributed by atoms with Gasteiger partial charge in [-0.15, -0.1) is 0 Å². The smallest absolute Gasteiger partial charge is 0.203 e. The highest BCUT2D eigenvalue weighted by atomic mass is 79.9. The molecule has 0 N–H and O–H groups in total. The summed E-state index contributed by atoms with van der Waals surface area (Å²) in [5.74, 6) is -2.69. The van der Waals surface area contributed by atoms with Crippen molar-refractivity contribution in [1.82, 2.24) is 0 Å². The zero-order valence-corrected chi connectivity index (χ0v) is 14.2. The van der Waals surface area contributed by atoms with Gasteiger partial charge in [0.1, 0.15) is 0 Å². The molecule has 0 unspecified atom stereocenters. The lowest BCUT2D eigenvalue weighted by Crippen LogP contribution is -2.13. The van der Waals surface area contributed by atoms with Crippen molar-refractivity contribution in [3.8, 4) is 0 Å². The molecule has 0 aliphatic heterocycles. The summed E-state index contributed by atoms with van der Waals surface area (Å²) in [4.78, 5) is 0. The third-order valence-corrected chi connectivity index (χ3v) is 7.38. The first kappa shape index (κ1) is 14.6. The molecule has 2 rings (SSSR count). The number of halogens is 1. The Hall–Kier alpha value is -0.850. The Morgan fingerprint density at radius 2 is 0.947 bits per heavy atom. The first-order chi connectivity index (χ1) is 8.79. The molecular formula is C16H18BrOP. The molecule has 2 aromatic rings. The normalized spacial score (nSPS) is 11.6. The molecule has 0 amide bonds. The second-order valence-electron chi connectivity index (χ2n) is 5.22. The summed E-state index contributed by atoms with van der Waals surface area (Å²) in [7, 11) is 0. The zero-order chi connectivity index (χ0) is 14.2. The van der Waals surface area contributed by atoms with Gasteiger partial charge in [0, 0.05) is 10.6 Å². The monoisotopic (exact) mass is 336 g/mol. The van der Waals surface area contributed by atoms with E-state index in [0.29, 0.717) is 0 Å². The fraction of sp³-hybridized carbons (Fsp3) is 0.250. The zero-order valence-electron chi connectivity index (χ0n) is 11.7. The van der Waals surface area contributed by atoms with Crippen molar-refractivity contribution in [2.75, 3.05) is 0 Å². The molecule has 0 aliphatic rings. The topological polar surface area (TPSA) is 17.1 Å². The van der Waals surface area contributed by atoms with Gasteiger partial charge in [0.05, 0.1) is 0 Å². The average molecular weight is 337 g/mol. The van der Waals surface area contributed by atoms with E-state index in [1.807, 2.05) is 52.0 Å². The van der Waals surface area contributed by atoms with E-state index in [-0.39, 0.29) is 0 Å². The van der Waals surface area contributed by atoms with Gasteiger partial charge in [0.15, 0.2) is 0 Å². The molecule has 0 aliphatic carbocycles. The number of benzene rings is 2. The molecule has 3 heteroatoms. The minimum absolute atomic E-state index is 0.870. The summed E-state index contributed by atoms with van der Waals surface area (Å²) in [5.41, 5.74) is 4.55. The molecule has 0 saturated carbocycles. The van der Waals surface area contributed by atoms with Crippen LogP contribution < -0.4 is 10.6 Å². The second-order valence-corrected chi connectivity index (χ2v) is 10.3. The molecule has 0 fully saturated rings. The molecule has 0 aromatic heterocycles. The van der Waals surface area contributed by atoms with Crippen LogP contribution in [0.15, 0.2) is 36.4 Å². The van der Waals surface area contributed by atoms with Crippen LogP contribution in [0.3, 0.4) is 0 Å². The van der Waals surface area contributed by atoms with Crippen LogP contribution in [-0.4, -0.2) is 0 Å². The van der Waals surface area contributed by atoms with E-state index in [0.717, 1.165) is 32.9 Å². The Morgan fingerprint density at radius 1 is 0.684 bits per heavy atom. The molecule has 0 radical (unpaired) electrons. The number of hydrogen-bond donors (Lipinski definition) is 0. The Balaban J connectivity index is 2.61. The van der Waals surface area contributed by atoms with E-state index in [9.17, 15) is 4.57 Å². The summed E-state index contributed by atoms with van der Waals surface area (Å²) in [6.07, 6.45) is 0. The van der Waals surface area contributed by atoms with Gasteiger partial charge in [0.25, 0.3) is 0 Å².